The average Bonchev–Trinajstić information content (AvgIpc) is 3.12. The predicted octanol–water partition coefficient (Wildman–Crippen LogP) is 5.34. The van der Waals surface area contributed by atoms with Crippen LogP contribution in [0, 0.1) is 20.9 Å². The van der Waals surface area contributed by atoms with Gasteiger partial charge in [0.2, 0.25) is 0 Å². The highest BCUT2D eigenvalue weighted by molar-refractivity contribution is 7.72. The summed E-state index contributed by atoms with van der Waals surface area (Å²) in [4.78, 5) is 1.96. The van der Waals surface area contributed by atoms with Gasteiger partial charge in [-0.3, -0.25) is 14.8 Å². The van der Waals surface area contributed by atoms with Gasteiger partial charge in [0, 0.05) is 37.1 Å². The van der Waals surface area contributed by atoms with Gasteiger partial charge in [-0.1, -0.05) is 6.07 Å². The molecular formula is C22H25N7OS2. The second kappa shape index (κ2) is 10.7. The number of hydrogen-bond acceptors (Lipinski definition) is 7. The first-order chi connectivity index (χ1) is 15.4. The minimum atomic E-state index is 0.281. The van der Waals surface area contributed by atoms with Crippen LogP contribution >= 0.6 is 24.4 Å². The number of rotatable bonds is 9. The lowest BCUT2D eigenvalue weighted by Crippen LogP contribution is -2.16. The van der Waals surface area contributed by atoms with E-state index in [0.717, 1.165) is 40.7 Å². The molecular weight excluding hydrogens is 442 g/mol. The summed E-state index contributed by atoms with van der Waals surface area (Å²) in [6.45, 7) is 4.98. The summed E-state index contributed by atoms with van der Waals surface area (Å²) in [5.74, 6) is 0.721. The van der Waals surface area contributed by atoms with Crippen LogP contribution in [0.3, 0.4) is 0 Å². The maximum Gasteiger partial charge on any atom is 0.198 e. The fourth-order valence-corrected chi connectivity index (χ4v) is 3.67. The molecule has 8 nitrogen and oxygen atoms in total. The third-order valence-electron chi connectivity index (χ3n) is 4.80. The monoisotopic (exact) mass is 467 g/mol. The number of nitriles is 1. The van der Waals surface area contributed by atoms with Gasteiger partial charge < -0.3 is 20.3 Å². The molecule has 3 rings (SSSR count). The molecule has 0 unspecified atom stereocenters. The molecule has 10 heteroatoms. The third kappa shape index (κ3) is 5.38. The van der Waals surface area contributed by atoms with E-state index in [9.17, 15) is 0 Å². The van der Waals surface area contributed by atoms with Crippen LogP contribution in [0.15, 0.2) is 54.2 Å². The summed E-state index contributed by atoms with van der Waals surface area (Å²) < 4.78 is 8.68. The highest BCUT2D eigenvalue weighted by Gasteiger charge is 2.10. The molecule has 0 saturated carbocycles. The van der Waals surface area contributed by atoms with E-state index in [1.54, 1.807) is 4.57 Å². The van der Waals surface area contributed by atoms with Crippen molar-refractivity contribution in [3.63, 3.8) is 0 Å². The zero-order valence-electron chi connectivity index (χ0n) is 18.1. The van der Waals surface area contributed by atoms with E-state index in [0.29, 0.717) is 9.54 Å². The van der Waals surface area contributed by atoms with Crippen molar-refractivity contribution >= 4 is 41.5 Å². The highest BCUT2D eigenvalue weighted by Crippen LogP contribution is 2.31. The summed E-state index contributed by atoms with van der Waals surface area (Å²) in [5.41, 5.74) is 4.47. The molecule has 0 amide bonds. The number of aromatic nitrogens is 3. The number of benzene rings is 2. The molecule has 32 heavy (non-hydrogen) atoms. The Morgan fingerprint density at radius 2 is 1.94 bits per heavy atom. The molecule has 0 aliphatic carbocycles. The Kier molecular flexibility index (Phi) is 7.70. The van der Waals surface area contributed by atoms with Crippen molar-refractivity contribution in [2.75, 3.05) is 35.9 Å². The number of nitrogens with one attached hydrogen (secondary N) is 4. The van der Waals surface area contributed by atoms with Crippen molar-refractivity contribution in [3.05, 3.63) is 63.8 Å². The second-order valence-electron chi connectivity index (χ2n) is 6.89. The van der Waals surface area contributed by atoms with Crippen LogP contribution in [0.5, 0.6) is 5.75 Å². The van der Waals surface area contributed by atoms with E-state index in [2.05, 4.69) is 26.9 Å². The smallest absolute Gasteiger partial charge is 0.198 e. The highest BCUT2D eigenvalue weighted by atomic mass is 32.1. The molecule has 166 valence electrons. The molecule has 1 aromatic heterocycles. The summed E-state index contributed by atoms with van der Waals surface area (Å²) in [6.07, 6.45) is 1.52. The molecule has 2 aromatic carbocycles. The Bertz CT molecular complexity index is 1240. The zero-order valence-corrected chi connectivity index (χ0v) is 19.7. The van der Waals surface area contributed by atoms with Gasteiger partial charge in [-0.05, 0) is 68.6 Å². The van der Waals surface area contributed by atoms with Crippen LogP contribution in [0.2, 0.25) is 0 Å². The quantitative estimate of drug-likeness (QED) is 0.192. The molecule has 0 radical (unpaired) electrons. The molecule has 0 atom stereocenters. The summed E-state index contributed by atoms with van der Waals surface area (Å²) in [5, 5.41) is 21.2. The van der Waals surface area contributed by atoms with Gasteiger partial charge in [-0.25, -0.2) is 0 Å². The number of allylic oxidation sites excluding steroid dienone is 2. The third-order valence-corrected chi connectivity index (χ3v) is 5.37. The Morgan fingerprint density at radius 1 is 1.19 bits per heavy atom. The molecule has 1 heterocycles. The van der Waals surface area contributed by atoms with Crippen LogP contribution in [-0.4, -0.2) is 35.1 Å². The fraction of sp³-hybridized carbons (Fsp3) is 0.227. The maximum atomic E-state index is 8.93. The van der Waals surface area contributed by atoms with E-state index in [4.69, 9.17) is 34.4 Å². The maximum absolute atomic E-state index is 8.93. The van der Waals surface area contributed by atoms with Crippen LogP contribution in [-0.2, 0) is 0 Å². The summed E-state index contributed by atoms with van der Waals surface area (Å²) in [6, 6.07) is 15.6. The Hall–Kier alpha value is -3.55. The van der Waals surface area contributed by atoms with Crippen molar-refractivity contribution in [1.29, 1.82) is 5.26 Å². The molecule has 4 N–H and O–H groups in total. The van der Waals surface area contributed by atoms with Gasteiger partial charge >= 0.3 is 0 Å². The van der Waals surface area contributed by atoms with Crippen molar-refractivity contribution < 1.29 is 4.74 Å². The van der Waals surface area contributed by atoms with Crippen LogP contribution in [0.1, 0.15) is 13.8 Å². The van der Waals surface area contributed by atoms with Crippen molar-refractivity contribution in [3.8, 4) is 17.5 Å². The fourth-order valence-electron chi connectivity index (χ4n) is 3.11. The van der Waals surface area contributed by atoms with E-state index in [1.807, 2.05) is 68.3 Å². The summed E-state index contributed by atoms with van der Waals surface area (Å²) in [7, 11) is 1.93. The number of hydrogen-bond donors (Lipinski definition) is 4. The number of aromatic amines is 2. The standard InChI is InChI=1S/C22H25N7OS2/c1-4-24-19-13-18(8-9-20(19)28(3)15(2)10-11-23)30-14-25-16-6-5-7-17(12-16)29-21(31)26-27-22(29)32/h5-10,12-13,24-25H,4,14H2,1-3H3,(H,26,31)(H,27,32)/b15-10+. The van der Waals surface area contributed by atoms with E-state index < -0.39 is 0 Å². The van der Waals surface area contributed by atoms with E-state index in [-0.39, 0.29) is 6.73 Å². The molecule has 0 aliphatic heterocycles. The lowest BCUT2D eigenvalue weighted by atomic mass is 10.2. The van der Waals surface area contributed by atoms with E-state index >= 15 is 0 Å². The van der Waals surface area contributed by atoms with Crippen LogP contribution in [0.4, 0.5) is 17.1 Å². The first kappa shape index (κ1) is 23.1. The predicted molar refractivity (Wildman–Crippen MR) is 134 cm³/mol. The van der Waals surface area contributed by atoms with Crippen LogP contribution in [0.25, 0.3) is 5.69 Å². The van der Waals surface area contributed by atoms with Crippen molar-refractivity contribution in [1.82, 2.24) is 14.8 Å². The molecule has 0 saturated heterocycles. The number of nitrogens with zero attached hydrogens (tertiary/aromatic N) is 3. The van der Waals surface area contributed by atoms with Gasteiger partial charge in [0.1, 0.15) is 5.75 Å². The SMILES string of the molecule is CCNc1cc(OCNc2cccc(-n3c(=S)[nH][nH]c3=S)c2)ccc1N(C)/C(C)=C/C#N. The van der Waals surface area contributed by atoms with Crippen LogP contribution < -0.4 is 20.3 Å². The zero-order chi connectivity index (χ0) is 23.1. The molecule has 3 aromatic rings. The second-order valence-corrected chi connectivity index (χ2v) is 7.67. The number of ether oxygens (including phenoxy) is 1. The first-order valence-corrected chi connectivity index (χ1v) is 10.8. The average molecular weight is 468 g/mol. The van der Waals surface area contributed by atoms with Gasteiger partial charge in [0.25, 0.3) is 0 Å². The van der Waals surface area contributed by atoms with Crippen molar-refractivity contribution in [2.45, 2.75) is 13.8 Å². The van der Waals surface area contributed by atoms with Gasteiger partial charge in [-0.15, -0.1) is 0 Å². The number of anilines is 3. The van der Waals surface area contributed by atoms with Gasteiger partial charge in [0.05, 0.1) is 23.1 Å². The Labute approximate surface area is 197 Å². The molecule has 0 spiro atoms. The lowest BCUT2D eigenvalue weighted by Gasteiger charge is -2.23. The minimum absolute atomic E-state index is 0.281. The minimum Gasteiger partial charge on any atom is -0.473 e. The topological polar surface area (TPSA) is 96.8 Å². The number of H-pyrrole nitrogens is 2. The normalized spacial score (nSPS) is 11.0. The van der Waals surface area contributed by atoms with E-state index in [1.165, 1.54) is 6.08 Å². The first-order valence-electron chi connectivity index (χ1n) is 9.99. The van der Waals surface area contributed by atoms with Gasteiger partial charge in [0.15, 0.2) is 16.3 Å². The summed E-state index contributed by atoms with van der Waals surface area (Å²) >= 11 is 10.6. The van der Waals surface area contributed by atoms with Crippen molar-refractivity contribution in [2.24, 2.45) is 0 Å². The molecule has 0 fully saturated rings. The lowest BCUT2D eigenvalue weighted by molar-refractivity contribution is 0.347. The van der Waals surface area contributed by atoms with Gasteiger partial charge in [-0.2, -0.15) is 5.26 Å². The Morgan fingerprint density at radius 3 is 2.62 bits per heavy atom. The Balaban J connectivity index is 1.71. The molecule has 0 bridgehead atoms. The largest absolute Gasteiger partial charge is 0.473 e. The molecule has 0 aliphatic rings.